The molecule has 0 radical (unpaired) electrons. The number of likely N-dealkylation sites (tertiary alicyclic amines) is 1. The predicted octanol–water partition coefficient (Wildman–Crippen LogP) is 3.06. The summed E-state index contributed by atoms with van der Waals surface area (Å²) in [7, 11) is 0. The maximum Gasteiger partial charge on any atom is 0.256 e. The minimum atomic E-state index is -0.612. The first-order chi connectivity index (χ1) is 12.6. The number of ether oxygens (including phenoxy) is 1. The number of carbonyl (C=O) groups is 2. The first-order valence-electron chi connectivity index (χ1n) is 9.92. The van der Waals surface area contributed by atoms with Crippen molar-refractivity contribution < 1.29 is 14.3 Å². The van der Waals surface area contributed by atoms with Crippen molar-refractivity contribution in [2.75, 3.05) is 19.7 Å². The molecule has 2 amide bonds. The lowest BCUT2D eigenvalue weighted by Crippen LogP contribution is -2.57. The third-order valence-electron chi connectivity index (χ3n) is 6.26. The van der Waals surface area contributed by atoms with E-state index >= 15 is 0 Å². The molecule has 0 N–H and O–H groups in total. The number of benzene rings is 1. The van der Waals surface area contributed by atoms with Gasteiger partial charge in [-0.2, -0.15) is 0 Å². The van der Waals surface area contributed by atoms with E-state index in [9.17, 15) is 9.59 Å². The highest BCUT2D eigenvalue weighted by Crippen LogP contribution is 2.43. The topological polar surface area (TPSA) is 49.9 Å². The molecule has 3 fully saturated rings. The molecule has 1 saturated carbocycles. The van der Waals surface area contributed by atoms with Gasteiger partial charge in [-0.05, 0) is 56.6 Å². The molecular formula is C21H28N2O3. The Hall–Kier alpha value is -1.88. The van der Waals surface area contributed by atoms with Crippen molar-refractivity contribution in [2.45, 2.75) is 57.2 Å². The highest BCUT2D eigenvalue weighted by Gasteiger charge is 2.54. The molecule has 26 heavy (non-hydrogen) atoms. The molecule has 2 heterocycles. The van der Waals surface area contributed by atoms with E-state index in [0.29, 0.717) is 18.1 Å². The fourth-order valence-corrected chi connectivity index (χ4v) is 4.64. The van der Waals surface area contributed by atoms with E-state index < -0.39 is 11.8 Å². The van der Waals surface area contributed by atoms with Crippen LogP contribution in [0.2, 0.25) is 0 Å². The molecule has 5 nitrogen and oxygen atoms in total. The zero-order chi connectivity index (χ0) is 18.1. The normalized spacial score (nSPS) is 31.6. The van der Waals surface area contributed by atoms with Crippen LogP contribution in [0, 0.1) is 5.92 Å². The van der Waals surface area contributed by atoms with Crippen molar-refractivity contribution in [3.8, 4) is 0 Å². The zero-order valence-corrected chi connectivity index (χ0v) is 15.5. The predicted molar refractivity (Wildman–Crippen MR) is 98.5 cm³/mol. The largest absolute Gasteiger partial charge is 0.353 e. The molecule has 0 unspecified atom stereocenters. The van der Waals surface area contributed by atoms with Gasteiger partial charge < -0.3 is 9.64 Å². The molecule has 0 aromatic heterocycles. The molecule has 0 bridgehead atoms. The van der Waals surface area contributed by atoms with Crippen molar-refractivity contribution >= 4 is 11.8 Å². The van der Waals surface area contributed by atoms with Gasteiger partial charge in [0.25, 0.3) is 5.91 Å². The fourth-order valence-electron chi connectivity index (χ4n) is 4.64. The Morgan fingerprint density at radius 2 is 1.73 bits per heavy atom. The highest BCUT2D eigenvalue weighted by molar-refractivity contribution is 5.98. The first kappa shape index (κ1) is 17.5. The van der Waals surface area contributed by atoms with E-state index in [1.165, 1.54) is 0 Å². The van der Waals surface area contributed by atoms with Crippen LogP contribution in [-0.4, -0.2) is 53.1 Å². The summed E-state index contributed by atoms with van der Waals surface area (Å²) in [5, 5.41) is 0. The minimum absolute atomic E-state index is 0.0577. The molecule has 2 saturated heterocycles. The molecule has 1 aromatic carbocycles. The van der Waals surface area contributed by atoms with E-state index in [-0.39, 0.29) is 11.8 Å². The third kappa shape index (κ3) is 3.02. The second kappa shape index (κ2) is 7.03. The Bertz CT molecular complexity index is 661. The molecule has 1 aromatic rings. The van der Waals surface area contributed by atoms with Gasteiger partial charge in [0, 0.05) is 18.7 Å². The van der Waals surface area contributed by atoms with Crippen LogP contribution in [0.1, 0.15) is 55.8 Å². The minimum Gasteiger partial charge on any atom is -0.353 e. The molecule has 2 aliphatic heterocycles. The summed E-state index contributed by atoms with van der Waals surface area (Å²) in [6.07, 6.45) is 5.79. The number of rotatable bonds is 2. The number of hydrogen-bond acceptors (Lipinski definition) is 3. The number of carbonyl (C=O) groups excluding carboxylic acids is 2. The molecule has 140 valence electrons. The summed E-state index contributed by atoms with van der Waals surface area (Å²) in [5.41, 5.74) is 0.0228. The van der Waals surface area contributed by atoms with Crippen LogP contribution in [0.3, 0.4) is 0 Å². The van der Waals surface area contributed by atoms with Gasteiger partial charge >= 0.3 is 0 Å². The Morgan fingerprint density at radius 1 is 1.08 bits per heavy atom. The zero-order valence-electron chi connectivity index (χ0n) is 15.5. The first-order valence-corrected chi connectivity index (χ1v) is 9.92. The molecule has 4 rings (SSSR count). The van der Waals surface area contributed by atoms with E-state index in [1.807, 2.05) is 35.2 Å². The standard InChI is InChI=1S/C21H28N2O3/c1-16-9-11-21(12-10-16)23(19(24)17-7-3-2-4-8-17)18(15-26-21)20(25)22-13-5-6-14-22/h2-4,7-8,16,18H,5-6,9-15H2,1H3/t16?,18-,21?/m0/s1. The van der Waals surface area contributed by atoms with Crippen LogP contribution >= 0.6 is 0 Å². The Morgan fingerprint density at radius 3 is 2.38 bits per heavy atom. The lowest BCUT2D eigenvalue weighted by molar-refractivity contribution is -0.136. The molecule has 5 heteroatoms. The smallest absolute Gasteiger partial charge is 0.256 e. The lowest BCUT2D eigenvalue weighted by atomic mass is 9.83. The van der Waals surface area contributed by atoms with Crippen LogP contribution in [0.25, 0.3) is 0 Å². The Labute approximate surface area is 155 Å². The van der Waals surface area contributed by atoms with Gasteiger partial charge in [-0.15, -0.1) is 0 Å². The summed E-state index contributed by atoms with van der Waals surface area (Å²) < 4.78 is 6.24. The summed E-state index contributed by atoms with van der Waals surface area (Å²) in [5.74, 6) is 0.628. The Kier molecular flexibility index (Phi) is 4.74. The fraction of sp³-hybridized carbons (Fsp3) is 0.619. The van der Waals surface area contributed by atoms with Gasteiger partial charge in [0.15, 0.2) is 0 Å². The summed E-state index contributed by atoms with van der Waals surface area (Å²) in [6, 6.07) is 8.82. The van der Waals surface area contributed by atoms with Crippen LogP contribution in [0.15, 0.2) is 30.3 Å². The Balaban J connectivity index is 1.65. The van der Waals surface area contributed by atoms with Crippen molar-refractivity contribution in [1.82, 2.24) is 9.80 Å². The van der Waals surface area contributed by atoms with Gasteiger partial charge in [0.1, 0.15) is 11.8 Å². The van der Waals surface area contributed by atoms with Crippen LogP contribution in [0.5, 0.6) is 0 Å². The van der Waals surface area contributed by atoms with Crippen molar-refractivity contribution in [3.05, 3.63) is 35.9 Å². The maximum absolute atomic E-state index is 13.4. The third-order valence-corrected chi connectivity index (χ3v) is 6.26. The molecular weight excluding hydrogens is 328 g/mol. The van der Waals surface area contributed by atoms with Crippen LogP contribution in [0.4, 0.5) is 0 Å². The van der Waals surface area contributed by atoms with Gasteiger partial charge in [0.05, 0.1) is 6.61 Å². The SMILES string of the molecule is CC1CCC2(CC1)OC[C@@H](C(=O)N1CCCC1)N2C(=O)c1ccccc1. The lowest BCUT2D eigenvalue weighted by Gasteiger charge is -2.43. The molecule has 1 spiro atoms. The van der Waals surface area contributed by atoms with Crippen LogP contribution < -0.4 is 0 Å². The monoisotopic (exact) mass is 356 g/mol. The second-order valence-corrected chi connectivity index (χ2v) is 8.03. The highest BCUT2D eigenvalue weighted by atomic mass is 16.5. The summed E-state index contributed by atoms with van der Waals surface area (Å²) in [4.78, 5) is 30.2. The summed E-state index contributed by atoms with van der Waals surface area (Å²) in [6.45, 7) is 4.17. The number of amides is 2. The second-order valence-electron chi connectivity index (χ2n) is 8.03. The summed E-state index contributed by atoms with van der Waals surface area (Å²) >= 11 is 0. The maximum atomic E-state index is 13.4. The van der Waals surface area contributed by atoms with E-state index in [0.717, 1.165) is 51.6 Å². The van der Waals surface area contributed by atoms with Gasteiger partial charge in [-0.3, -0.25) is 14.5 Å². The van der Waals surface area contributed by atoms with E-state index in [1.54, 1.807) is 4.90 Å². The number of hydrogen-bond donors (Lipinski definition) is 0. The molecule has 3 aliphatic rings. The van der Waals surface area contributed by atoms with Crippen molar-refractivity contribution in [2.24, 2.45) is 5.92 Å². The molecule has 1 aliphatic carbocycles. The number of nitrogens with zero attached hydrogens (tertiary/aromatic N) is 2. The quantitative estimate of drug-likeness (QED) is 0.818. The van der Waals surface area contributed by atoms with Gasteiger partial charge in [-0.25, -0.2) is 0 Å². The average molecular weight is 356 g/mol. The van der Waals surface area contributed by atoms with Gasteiger partial charge in [0.2, 0.25) is 5.91 Å². The van der Waals surface area contributed by atoms with Crippen molar-refractivity contribution in [1.29, 1.82) is 0 Å². The molecule has 1 atom stereocenters. The van der Waals surface area contributed by atoms with E-state index in [2.05, 4.69) is 6.92 Å². The van der Waals surface area contributed by atoms with E-state index in [4.69, 9.17) is 4.74 Å². The van der Waals surface area contributed by atoms with Crippen molar-refractivity contribution in [3.63, 3.8) is 0 Å². The van der Waals surface area contributed by atoms with Crippen LogP contribution in [-0.2, 0) is 9.53 Å². The average Bonchev–Trinajstić information content (AvgIpc) is 3.33. The van der Waals surface area contributed by atoms with Gasteiger partial charge in [-0.1, -0.05) is 25.1 Å².